The lowest BCUT2D eigenvalue weighted by molar-refractivity contribution is -0.299. The van der Waals surface area contributed by atoms with Crippen molar-refractivity contribution in [2.75, 3.05) is 13.1 Å². The molecule has 0 aromatic rings. The first-order valence-electron chi connectivity index (χ1n) is 17.3. The molecule has 4 saturated carbocycles. The summed E-state index contributed by atoms with van der Waals surface area (Å²) < 4.78 is 18.6. The molecule has 11 nitrogen and oxygen atoms in total. The van der Waals surface area contributed by atoms with Gasteiger partial charge >= 0.3 is 11.9 Å². The maximum absolute atomic E-state index is 13.4. The Bertz CT molecular complexity index is 1250. The van der Waals surface area contributed by atoms with E-state index in [2.05, 4.69) is 11.8 Å². The van der Waals surface area contributed by atoms with Crippen LogP contribution < -0.4 is 0 Å². The highest BCUT2D eigenvalue weighted by atomic mass is 16.7. The van der Waals surface area contributed by atoms with Gasteiger partial charge in [0.15, 0.2) is 12.2 Å². The number of rotatable bonds is 4. The molecule has 254 valence electrons. The number of hydrogen-bond donors (Lipinski definition) is 5. The Balaban J connectivity index is 1.38. The Morgan fingerprint density at radius 3 is 2.44 bits per heavy atom. The van der Waals surface area contributed by atoms with Crippen LogP contribution >= 0.6 is 0 Å². The van der Waals surface area contributed by atoms with Gasteiger partial charge in [-0.25, -0.2) is 0 Å². The molecular formula is C34H53NO10. The van der Waals surface area contributed by atoms with Gasteiger partial charge in [0, 0.05) is 49.2 Å². The van der Waals surface area contributed by atoms with E-state index < -0.39 is 99.9 Å². The molecule has 3 heterocycles. The molecule has 1 spiro atoms. The van der Waals surface area contributed by atoms with Crippen LogP contribution in [0.4, 0.5) is 0 Å². The number of piperidine rings is 2. The molecule has 3 saturated heterocycles. The first kappa shape index (κ1) is 32.2. The van der Waals surface area contributed by atoms with Gasteiger partial charge in [-0.2, -0.15) is 0 Å². The predicted octanol–water partition coefficient (Wildman–Crippen LogP) is 1.35. The summed E-state index contributed by atoms with van der Waals surface area (Å²) >= 11 is 0. The summed E-state index contributed by atoms with van der Waals surface area (Å²) in [7, 11) is 0. The molecule has 4 aliphatic carbocycles. The van der Waals surface area contributed by atoms with Crippen LogP contribution in [0.5, 0.6) is 0 Å². The van der Waals surface area contributed by atoms with E-state index in [1.165, 1.54) is 6.92 Å². The third-order valence-electron chi connectivity index (χ3n) is 14.3. The van der Waals surface area contributed by atoms with Crippen LogP contribution in [0.15, 0.2) is 0 Å². The molecule has 7 fully saturated rings. The number of fused-ring (bicyclic) bond motifs is 5. The summed E-state index contributed by atoms with van der Waals surface area (Å²) in [5.41, 5.74) is -5.22. The fourth-order valence-corrected chi connectivity index (χ4v) is 12.3. The van der Waals surface area contributed by atoms with Crippen LogP contribution in [0, 0.1) is 46.8 Å². The number of aliphatic hydroxyl groups excluding tert-OH is 2. The molecule has 45 heavy (non-hydrogen) atoms. The number of esters is 2. The topological polar surface area (TPSA) is 166 Å². The average Bonchev–Trinajstić information content (AvgIpc) is 3.24. The molecule has 7 aliphatic rings. The second kappa shape index (κ2) is 10.1. The fourth-order valence-electron chi connectivity index (χ4n) is 12.3. The van der Waals surface area contributed by atoms with Gasteiger partial charge in [0.25, 0.3) is 0 Å². The van der Waals surface area contributed by atoms with Crippen molar-refractivity contribution in [1.82, 2.24) is 4.90 Å². The van der Waals surface area contributed by atoms with Crippen molar-refractivity contribution in [2.24, 2.45) is 46.8 Å². The van der Waals surface area contributed by atoms with Gasteiger partial charge in [0.05, 0.1) is 29.3 Å². The minimum absolute atomic E-state index is 0.0891. The summed E-state index contributed by atoms with van der Waals surface area (Å²) in [5, 5.41) is 62.1. The molecule has 0 aromatic carbocycles. The van der Waals surface area contributed by atoms with E-state index in [0.29, 0.717) is 31.7 Å². The summed E-state index contributed by atoms with van der Waals surface area (Å²) in [6.45, 7) is 12.2. The zero-order chi connectivity index (χ0) is 32.6. The first-order valence-corrected chi connectivity index (χ1v) is 17.3. The normalized spacial score (nSPS) is 57.2. The molecule has 0 radical (unpaired) electrons. The van der Waals surface area contributed by atoms with Gasteiger partial charge in [-0.15, -0.1) is 0 Å². The number of aliphatic hydroxyl groups is 5. The van der Waals surface area contributed by atoms with Crippen molar-refractivity contribution in [1.29, 1.82) is 0 Å². The lowest BCUT2D eigenvalue weighted by Gasteiger charge is -2.64. The lowest BCUT2D eigenvalue weighted by atomic mass is 9.49. The highest BCUT2D eigenvalue weighted by Crippen LogP contribution is 2.77. The van der Waals surface area contributed by atoms with Crippen LogP contribution in [0.2, 0.25) is 0 Å². The molecule has 3 aliphatic heterocycles. The van der Waals surface area contributed by atoms with E-state index in [9.17, 15) is 35.1 Å². The zero-order valence-electron chi connectivity index (χ0n) is 27.5. The monoisotopic (exact) mass is 635 g/mol. The van der Waals surface area contributed by atoms with Gasteiger partial charge in [-0.1, -0.05) is 27.7 Å². The van der Waals surface area contributed by atoms with Crippen LogP contribution in [0.3, 0.4) is 0 Å². The minimum atomic E-state index is -1.91. The second-order valence-corrected chi connectivity index (χ2v) is 16.6. The molecule has 5 N–H and O–H groups in total. The number of carbonyl (C=O) groups is 2. The molecule has 8 unspecified atom stereocenters. The standard InChI is InChI=1S/C34H53NO10/c1-7-17(3)29(39)44-28-26(38)25-19(15-35-14-16(2)8-9-23(35)31(25,6)40)20-13-32-27(33(20,28)41)21(37)12-22-30(32,5)11-10-24(43-18(4)36)34(22,42)45-32/h16-17,19-28,37-38,40-42H,7-15H2,1-6H3/t16-,17?,19-,20?,21?,22?,23?,24-,25?,26?,27?,28-,30-,31+,32+,33-,34-/m0/s1. The minimum Gasteiger partial charge on any atom is -0.457 e. The maximum Gasteiger partial charge on any atom is 0.309 e. The van der Waals surface area contributed by atoms with Crippen LogP contribution in [-0.2, 0) is 23.8 Å². The zero-order valence-corrected chi connectivity index (χ0v) is 27.5. The van der Waals surface area contributed by atoms with Crippen LogP contribution in [0.1, 0.15) is 86.5 Å². The van der Waals surface area contributed by atoms with Gasteiger partial charge in [-0.05, 0) is 69.6 Å². The van der Waals surface area contributed by atoms with Crippen LogP contribution in [0.25, 0.3) is 0 Å². The Morgan fingerprint density at radius 1 is 1.07 bits per heavy atom. The molecule has 17 atom stereocenters. The van der Waals surface area contributed by atoms with Crippen molar-refractivity contribution >= 4 is 11.9 Å². The fraction of sp³-hybridized carbons (Fsp3) is 0.941. The first-order chi connectivity index (χ1) is 21.0. The van der Waals surface area contributed by atoms with E-state index in [1.807, 2.05) is 13.8 Å². The Morgan fingerprint density at radius 2 is 1.78 bits per heavy atom. The highest BCUT2D eigenvalue weighted by molar-refractivity contribution is 5.72. The van der Waals surface area contributed by atoms with Gasteiger partial charge in [0.2, 0.25) is 5.79 Å². The van der Waals surface area contributed by atoms with Crippen molar-refractivity contribution in [3.05, 3.63) is 0 Å². The molecule has 0 amide bonds. The van der Waals surface area contributed by atoms with Gasteiger partial charge in [-0.3, -0.25) is 14.5 Å². The van der Waals surface area contributed by atoms with Gasteiger partial charge in [0.1, 0.15) is 5.60 Å². The van der Waals surface area contributed by atoms with Gasteiger partial charge < -0.3 is 39.7 Å². The predicted molar refractivity (Wildman–Crippen MR) is 159 cm³/mol. The summed E-state index contributed by atoms with van der Waals surface area (Å²) in [5.74, 6) is -6.32. The average molecular weight is 636 g/mol. The van der Waals surface area contributed by atoms with Crippen LogP contribution in [-0.4, -0.2) is 109 Å². The van der Waals surface area contributed by atoms with Crippen molar-refractivity contribution in [2.45, 2.75) is 140 Å². The molecule has 4 bridgehead atoms. The van der Waals surface area contributed by atoms with E-state index in [0.717, 1.165) is 19.4 Å². The second-order valence-electron chi connectivity index (χ2n) is 16.6. The molecule has 0 aromatic heterocycles. The smallest absolute Gasteiger partial charge is 0.309 e. The highest BCUT2D eigenvalue weighted by Gasteiger charge is 2.87. The lowest BCUT2D eigenvalue weighted by Crippen LogP contribution is -2.77. The summed E-state index contributed by atoms with van der Waals surface area (Å²) in [6.07, 6.45) is -1.45. The number of hydrogen-bond acceptors (Lipinski definition) is 11. The van der Waals surface area contributed by atoms with Crippen molar-refractivity contribution in [3.8, 4) is 0 Å². The van der Waals surface area contributed by atoms with Crippen molar-refractivity contribution in [3.63, 3.8) is 0 Å². The third kappa shape index (κ3) is 3.95. The third-order valence-corrected chi connectivity index (χ3v) is 14.3. The van der Waals surface area contributed by atoms with E-state index in [1.54, 1.807) is 13.8 Å². The Labute approximate surface area is 265 Å². The quantitative estimate of drug-likeness (QED) is 0.283. The summed E-state index contributed by atoms with van der Waals surface area (Å²) in [6, 6.07) is -0.191. The van der Waals surface area contributed by atoms with E-state index in [-0.39, 0.29) is 18.9 Å². The largest absolute Gasteiger partial charge is 0.457 e. The molecular weight excluding hydrogens is 582 g/mol. The van der Waals surface area contributed by atoms with E-state index >= 15 is 0 Å². The summed E-state index contributed by atoms with van der Waals surface area (Å²) in [4.78, 5) is 27.8. The van der Waals surface area contributed by atoms with E-state index in [4.69, 9.17) is 14.2 Å². The maximum atomic E-state index is 13.4. The molecule has 11 heteroatoms. The Hall–Kier alpha value is -1.34. The SMILES string of the molecule is CCC(C)C(=O)O[C@H]1C(O)C2[C@@H](CN3C[C@@H](C)CCC3[C@@]2(C)O)C2C[C@@]34O[C@@]5(O)C(CC(O)C3[C@@]21O)[C@]4(C)CC[C@@H]5OC(C)=O. The Kier molecular flexibility index (Phi) is 7.22. The van der Waals surface area contributed by atoms with Crippen molar-refractivity contribution < 1.29 is 49.3 Å². The molecule has 7 rings (SSSR count). The number of carbonyl (C=O) groups excluding carboxylic acids is 2. The number of nitrogens with zero attached hydrogens (tertiary/aromatic N) is 1. The number of ether oxygens (including phenoxy) is 3.